The minimum Gasteiger partial charge on any atom is -0.393 e. The number of aryl methyl sites for hydroxylation is 1. The minimum absolute atomic E-state index is 0.350. The van der Waals surface area contributed by atoms with Crippen LogP contribution in [0.25, 0.3) is 0 Å². The summed E-state index contributed by atoms with van der Waals surface area (Å²) in [5, 5.41) is 0. The third-order valence-corrected chi connectivity index (χ3v) is 3.75. The second-order valence-corrected chi connectivity index (χ2v) is 5.81. The van der Waals surface area contributed by atoms with Crippen molar-refractivity contribution in [1.29, 1.82) is 0 Å². The molecule has 0 bridgehead atoms. The van der Waals surface area contributed by atoms with Crippen molar-refractivity contribution in [2.24, 2.45) is 11.1 Å². The topological polar surface area (TPSA) is 29.3 Å². The second kappa shape index (κ2) is 4.65. The van der Waals surface area contributed by atoms with E-state index < -0.39 is 0 Å². The zero-order valence-corrected chi connectivity index (χ0v) is 11.4. The molecular formula is C14H20N2S. The van der Waals surface area contributed by atoms with Crippen LogP contribution >= 0.6 is 12.2 Å². The largest absolute Gasteiger partial charge is 0.393 e. The van der Waals surface area contributed by atoms with E-state index in [1.54, 1.807) is 0 Å². The van der Waals surface area contributed by atoms with E-state index in [4.69, 9.17) is 18.0 Å². The van der Waals surface area contributed by atoms with Crippen molar-refractivity contribution in [3.8, 4) is 0 Å². The number of hydrogen-bond donors (Lipinski definition) is 1. The van der Waals surface area contributed by atoms with Gasteiger partial charge in [-0.2, -0.15) is 0 Å². The Hall–Kier alpha value is -1.09. The molecule has 0 saturated heterocycles. The lowest BCUT2D eigenvalue weighted by atomic mass is 10.0. The molecule has 0 heterocycles. The van der Waals surface area contributed by atoms with E-state index >= 15 is 0 Å². The van der Waals surface area contributed by atoms with E-state index in [9.17, 15) is 0 Å². The fourth-order valence-electron chi connectivity index (χ4n) is 2.52. The van der Waals surface area contributed by atoms with Gasteiger partial charge in [-0.1, -0.05) is 30.4 Å². The summed E-state index contributed by atoms with van der Waals surface area (Å²) in [4.78, 5) is 2.99. The van der Waals surface area contributed by atoms with Crippen LogP contribution in [0.5, 0.6) is 0 Å². The Bertz CT molecular complexity index is 424. The average molecular weight is 248 g/mol. The summed E-state index contributed by atoms with van der Waals surface area (Å²) in [6.07, 6.45) is 3.39. The van der Waals surface area contributed by atoms with Crippen LogP contribution in [0.15, 0.2) is 24.3 Å². The molecule has 1 fully saturated rings. The first-order valence-corrected chi connectivity index (χ1v) is 6.48. The zero-order valence-electron chi connectivity index (χ0n) is 10.6. The smallest absolute Gasteiger partial charge is 0.0733 e. The number of hydrogen-bond acceptors (Lipinski definition) is 2. The predicted octanol–water partition coefficient (Wildman–Crippen LogP) is 2.89. The fourth-order valence-corrected chi connectivity index (χ4v) is 2.82. The van der Waals surface area contributed by atoms with Crippen molar-refractivity contribution in [3.05, 3.63) is 29.8 Å². The number of anilines is 1. The van der Waals surface area contributed by atoms with Gasteiger partial charge in [0.05, 0.1) is 4.99 Å². The van der Waals surface area contributed by atoms with E-state index in [0.717, 1.165) is 13.0 Å². The molecule has 1 aromatic carbocycles. The van der Waals surface area contributed by atoms with Gasteiger partial charge in [-0.25, -0.2) is 0 Å². The molecule has 2 N–H and O–H groups in total. The van der Waals surface area contributed by atoms with Crippen LogP contribution in [0.1, 0.15) is 24.8 Å². The van der Waals surface area contributed by atoms with Crippen molar-refractivity contribution < 1.29 is 0 Å². The Kier molecular flexibility index (Phi) is 3.38. The van der Waals surface area contributed by atoms with E-state index in [1.807, 2.05) is 0 Å². The van der Waals surface area contributed by atoms with Gasteiger partial charge in [0.1, 0.15) is 0 Å². The number of nitrogens with zero attached hydrogens (tertiary/aromatic N) is 1. The van der Waals surface area contributed by atoms with E-state index in [1.165, 1.54) is 24.1 Å². The molecule has 0 aliphatic heterocycles. The summed E-state index contributed by atoms with van der Waals surface area (Å²) >= 11 is 5.04. The van der Waals surface area contributed by atoms with Gasteiger partial charge in [-0.3, -0.25) is 0 Å². The van der Waals surface area contributed by atoms with Crippen molar-refractivity contribution in [2.45, 2.75) is 26.2 Å². The van der Waals surface area contributed by atoms with Gasteiger partial charge in [-0.15, -0.1) is 0 Å². The molecule has 0 radical (unpaired) electrons. The normalized spacial score (nSPS) is 16.6. The van der Waals surface area contributed by atoms with Gasteiger partial charge in [0.25, 0.3) is 0 Å². The Morgan fingerprint density at radius 3 is 2.59 bits per heavy atom. The molecule has 2 nitrogen and oxygen atoms in total. The molecule has 0 spiro atoms. The molecule has 0 amide bonds. The number of nitrogens with two attached hydrogens (primary N) is 1. The Morgan fingerprint density at radius 2 is 2.06 bits per heavy atom. The highest BCUT2D eigenvalue weighted by Crippen LogP contribution is 2.49. The summed E-state index contributed by atoms with van der Waals surface area (Å²) in [5.74, 6) is 0. The molecule has 0 atom stereocenters. The molecular weight excluding hydrogens is 228 g/mol. The quantitative estimate of drug-likeness (QED) is 0.812. The van der Waals surface area contributed by atoms with Crippen molar-refractivity contribution >= 4 is 22.9 Å². The third-order valence-electron chi connectivity index (χ3n) is 3.61. The first-order chi connectivity index (χ1) is 8.02. The zero-order chi connectivity index (χ0) is 12.5. The number of benzene rings is 1. The van der Waals surface area contributed by atoms with Crippen molar-refractivity contribution in [3.63, 3.8) is 0 Å². The molecule has 17 heavy (non-hydrogen) atoms. The van der Waals surface area contributed by atoms with E-state index in [2.05, 4.69) is 43.1 Å². The van der Waals surface area contributed by atoms with Crippen LogP contribution in [0.2, 0.25) is 0 Å². The first-order valence-electron chi connectivity index (χ1n) is 6.07. The Labute approximate surface area is 109 Å². The lowest BCUT2D eigenvalue weighted by Crippen LogP contribution is -2.29. The molecule has 0 unspecified atom stereocenters. The minimum atomic E-state index is 0.350. The second-order valence-electron chi connectivity index (χ2n) is 5.29. The van der Waals surface area contributed by atoms with Gasteiger partial charge in [-0.05, 0) is 36.8 Å². The maximum Gasteiger partial charge on any atom is 0.0733 e. The van der Waals surface area contributed by atoms with Gasteiger partial charge < -0.3 is 10.6 Å². The van der Waals surface area contributed by atoms with E-state index in [-0.39, 0.29) is 0 Å². The van der Waals surface area contributed by atoms with Crippen LogP contribution < -0.4 is 10.6 Å². The fraction of sp³-hybridized carbons (Fsp3) is 0.500. The highest BCUT2D eigenvalue weighted by atomic mass is 32.1. The first kappa shape index (κ1) is 12.4. The molecule has 1 aromatic rings. The van der Waals surface area contributed by atoms with E-state index in [0.29, 0.717) is 10.4 Å². The highest BCUT2D eigenvalue weighted by molar-refractivity contribution is 7.80. The number of rotatable bonds is 5. The van der Waals surface area contributed by atoms with Gasteiger partial charge in [0.15, 0.2) is 0 Å². The summed E-state index contributed by atoms with van der Waals surface area (Å²) in [5.41, 5.74) is 8.65. The molecule has 1 aliphatic carbocycles. The lowest BCUT2D eigenvalue weighted by molar-refractivity contribution is 0.533. The SMILES string of the molecule is Cc1ccccc1N(C)CC1(CC(N)=S)CC1. The Balaban J connectivity index is 2.05. The average Bonchev–Trinajstić information content (AvgIpc) is 2.97. The summed E-state index contributed by atoms with van der Waals surface area (Å²) in [6.45, 7) is 3.20. The van der Waals surface area contributed by atoms with Crippen LogP contribution in [-0.4, -0.2) is 18.6 Å². The molecule has 1 aliphatic rings. The predicted molar refractivity (Wildman–Crippen MR) is 77.5 cm³/mol. The summed E-state index contributed by atoms with van der Waals surface area (Å²) in [6, 6.07) is 8.49. The third kappa shape index (κ3) is 2.97. The molecule has 0 aromatic heterocycles. The molecule has 3 heteroatoms. The van der Waals surface area contributed by atoms with Crippen LogP contribution in [-0.2, 0) is 0 Å². The maximum absolute atomic E-state index is 5.68. The lowest BCUT2D eigenvalue weighted by Gasteiger charge is -2.26. The molecule has 92 valence electrons. The molecule has 1 saturated carbocycles. The maximum atomic E-state index is 5.68. The number of thiocarbonyl (C=S) groups is 1. The number of para-hydroxylation sites is 1. The standard InChI is InChI=1S/C14H20N2S/c1-11-5-3-4-6-12(11)16(2)10-14(7-8-14)9-13(15)17/h3-6H,7-10H2,1-2H3,(H2,15,17). The monoisotopic (exact) mass is 248 g/mol. The van der Waals surface area contributed by atoms with Crippen molar-refractivity contribution in [1.82, 2.24) is 0 Å². The van der Waals surface area contributed by atoms with Gasteiger partial charge in [0, 0.05) is 25.7 Å². The van der Waals surface area contributed by atoms with Crippen molar-refractivity contribution in [2.75, 3.05) is 18.5 Å². The Morgan fingerprint density at radius 1 is 1.41 bits per heavy atom. The van der Waals surface area contributed by atoms with Crippen LogP contribution in [0.4, 0.5) is 5.69 Å². The van der Waals surface area contributed by atoms with Crippen LogP contribution in [0.3, 0.4) is 0 Å². The van der Waals surface area contributed by atoms with Gasteiger partial charge in [0.2, 0.25) is 0 Å². The van der Waals surface area contributed by atoms with Crippen LogP contribution in [0, 0.1) is 12.3 Å². The molecule has 2 rings (SSSR count). The highest BCUT2D eigenvalue weighted by Gasteiger charge is 2.43. The summed E-state index contributed by atoms with van der Waals surface area (Å²) < 4.78 is 0. The summed E-state index contributed by atoms with van der Waals surface area (Å²) in [7, 11) is 2.15. The van der Waals surface area contributed by atoms with Gasteiger partial charge >= 0.3 is 0 Å².